The highest BCUT2D eigenvalue weighted by molar-refractivity contribution is 9.10. The maximum Gasteiger partial charge on any atom is 0.136 e. The summed E-state index contributed by atoms with van der Waals surface area (Å²) in [5, 5.41) is 0. The van der Waals surface area contributed by atoms with Crippen molar-refractivity contribution in [3.63, 3.8) is 0 Å². The molecule has 1 saturated carbocycles. The van der Waals surface area contributed by atoms with E-state index in [4.69, 9.17) is 15.0 Å². The SMILES string of the molecule is CCOC1CC(CC(NN)c2occc2Br)C1. The molecule has 1 aliphatic rings. The minimum Gasteiger partial charge on any atom is -0.466 e. The van der Waals surface area contributed by atoms with E-state index in [1.165, 1.54) is 0 Å². The molecule has 0 saturated heterocycles. The standard InChI is InChI=1S/C12H19BrN2O2/c1-2-16-9-5-8(6-9)7-11(15-14)12-10(13)3-4-17-12/h3-4,8-9,11,15H,2,5-7,14H2,1H3. The monoisotopic (exact) mass is 302 g/mol. The van der Waals surface area contributed by atoms with Gasteiger partial charge in [0.1, 0.15) is 5.76 Å². The summed E-state index contributed by atoms with van der Waals surface area (Å²) in [7, 11) is 0. The molecule has 0 bridgehead atoms. The Bertz CT molecular complexity index is 350. The first-order valence-corrected chi connectivity index (χ1v) is 6.84. The zero-order chi connectivity index (χ0) is 12.3. The summed E-state index contributed by atoms with van der Waals surface area (Å²) in [5.74, 6) is 7.14. The lowest BCUT2D eigenvalue weighted by Gasteiger charge is -2.36. The van der Waals surface area contributed by atoms with Crippen LogP contribution in [0.15, 0.2) is 21.2 Å². The number of nitrogens with two attached hydrogens (primary N) is 1. The number of nitrogens with one attached hydrogen (secondary N) is 1. The Balaban J connectivity index is 1.84. The van der Waals surface area contributed by atoms with Crippen molar-refractivity contribution < 1.29 is 9.15 Å². The molecule has 1 unspecified atom stereocenters. The van der Waals surface area contributed by atoms with Crippen LogP contribution in [0.1, 0.15) is 38.0 Å². The van der Waals surface area contributed by atoms with E-state index in [-0.39, 0.29) is 6.04 Å². The van der Waals surface area contributed by atoms with Crippen LogP contribution in [-0.2, 0) is 4.74 Å². The second-order valence-corrected chi connectivity index (χ2v) is 5.36. The molecule has 1 atom stereocenters. The minimum absolute atomic E-state index is 0.0759. The molecule has 0 aliphatic heterocycles. The van der Waals surface area contributed by atoms with Gasteiger partial charge in [-0.1, -0.05) is 0 Å². The van der Waals surface area contributed by atoms with Crippen LogP contribution in [0.4, 0.5) is 0 Å². The van der Waals surface area contributed by atoms with Crippen LogP contribution in [0.3, 0.4) is 0 Å². The largest absolute Gasteiger partial charge is 0.466 e. The minimum atomic E-state index is 0.0759. The Labute approximate surface area is 110 Å². The fraction of sp³-hybridized carbons (Fsp3) is 0.667. The topological polar surface area (TPSA) is 60.4 Å². The Hall–Kier alpha value is -0.360. The number of rotatable bonds is 6. The van der Waals surface area contributed by atoms with E-state index in [2.05, 4.69) is 21.4 Å². The molecule has 0 amide bonds. The fourth-order valence-electron chi connectivity index (χ4n) is 2.38. The zero-order valence-corrected chi connectivity index (χ0v) is 11.6. The Morgan fingerprint density at radius 3 is 2.94 bits per heavy atom. The molecule has 1 fully saturated rings. The molecule has 1 aromatic rings. The highest BCUT2D eigenvalue weighted by atomic mass is 79.9. The molecule has 2 rings (SSSR count). The molecule has 0 radical (unpaired) electrons. The summed E-state index contributed by atoms with van der Waals surface area (Å²) in [5.41, 5.74) is 2.83. The number of halogens is 1. The maximum absolute atomic E-state index is 5.59. The summed E-state index contributed by atoms with van der Waals surface area (Å²) in [6.45, 7) is 2.84. The van der Waals surface area contributed by atoms with Gasteiger partial charge in [-0.2, -0.15) is 0 Å². The highest BCUT2D eigenvalue weighted by Gasteiger charge is 2.32. The van der Waals surface area contributed by atoms with Gasteiger partial charge in [0.25, 0.3) is 0 Å². The van der Waals surface area contributed by atoms with Gasteiger partial charge in [-0.05, 0) is 54.1 Å². The first kappa shape index (κ1) is 13.1. The average Bonchev–Trinajstić information content (AvgIpc) is 2.68. The van der Waals surface area contributed by atoms with Gasteiger partial charge in [-0.25, -0.2) is 5.43 Å². The Kier molecular flexibility index (Phi) is 4.62. The van der Waals surface area contributed by atoms with Crippen LogP contribution in [0.2, 0.25) is 0 Å². The van der Waals surface area contributed by atoms with Crippen molar-refractivity contribution in [3.8, 4) is 0 Å². The highest BCUT2D eigenvalue weighted by Crippen LogP contribution is 2.38. The molecule has 4 nitrogen and oxygen atoms in total. The predicted octanol–water partition coefficient (Wildman–Crippen LogP) is 2.75. The smallest absolute Gasteiger partial charge is 0.136 e. The summed E-state index contributed by atoms with van der Waals surface area (Å²) in [6.07, 6.45) is 5.37. The second kappa shape index (κ2) is 6.00. The van der Waals surface area contributed by atoms with Crippen molar-refractivity contribution in [2.75, 3.05) is 6.61 Å². The molecule has 17 heavy (non-hydrogen) atoms. The number of furan rings is 1. The van der Waals surface area contributed by atoms with Gasteiger partial charge in [0.15, 0.2) is 0 Å². The second-order valence-electron chi connectivity index (χ2n) is 4.50. The van der Waals surface area contributed by atoms with E-state index < -0.39 is 0 Å². The number of ether oxygens (including phenoxy) is 1. The van der Waals surface area contributed by atoms with Crippen LogP contribution in [-0.4, -0.2) is 12.7 Å². The fourth-order valence-corrected chi connectivity index (χ4v) is 2.85. The van der Waals surface area contributed by atoms with E-state index in [1.807, 2.05) is 13.0 Å². The van der Waals surface area contributed by atoms with Gasteiger partial charge in [0, 0.05) is 6.61 Å². The van der Waals surface area contributed by atoms with Crippen molar-refractivity contribution in [2.24, 2.45) is 11.8 Å². The Morgan fingerprint density at radius 1 is 1.65 bits per heavy atom. The third-order valence-corrected chi connectivity index (χ3v) is 3.98. The number of hydrogen-bond donors (Lipinski definition) is 2. The van der Waals surface area contributed by atoms with Gasteiger partial charge in [0.05, 0.1) is 22.9 Å². The van der Waals surface area contributed by atoms with Crippen LogP contribution < -0.4 is 11.3 Å². The quantitative estimate of drug-likeness (QED) is 0.626. The van der Waals surface area contributed by atoms with Gasteiger partial charge >= 0.3 is 0 Å². The molecular formula is C12H19BrN2O2. The van der Waals surface area contributed by atoms with E-state index in [0.29, 0.717) is 12.0 Å². The molecule has 1 heterocycles. The summed E-state index contributed by atoms with van der Waals surface area (Å²) in [4.78, 5) is 0. The summed E-state index contributed by atoms with van der Waals surface area (Å²) < 4.78 is 12.0. The van der Waals surface area contributed by atoms with E-state index in [9.17, 15) is 0 Å². The number of hydrogen-bond acceptors (Lipinski definition) is 4. The van der Waals surface area contributed by atoms with Gasteiger partial charge < -0.3 is 9.15 Å². The zero-order valence-electron chi connectivity index (χ0n) is 9.99. The molecule has 96 valence electrons. The van der Waals surface area contributed by atoms with Crippen molar-refractivity contribution >= 4 is 15.9 Å². The first-order chi connectivity index (χ1) is 8.24. The molecule has 3 N–H and O–H groups in total. The van der Waals surface area contributed by atoms with Gasteiger partial charge in [0.2, 0.25) is 0 Å². The van der Waals surface area contributed by atoms with Gasteiger partial charge in [-0.3, -0.25) is 5.84 Å². The normalized spacial score (nSPS) is 25.6. The van der Waals surface area contributed by atoms with Crippen molar-refractivity contribution in [3.05, 3.63) is 22.6 Å². The van der Waals surface area contributed by atoms with Crippen LogP contribution >= 0.6 is 15.9 Å². The maximum atomic E-state index is 5.59. The van der Waals surface area contributed by atoms with Crippen molar-refractivity contribution in [2.45, 2.75) is 38.3 Å². The third kappa shape index (κ3) is 3.10. The van der Waals surface area contributed by atoms with Crippen molar-refractivity contribution in [1.82, 2.24) is 5.43 Å². The molecule has 5 heteroatoms. The van der Waals surface area contributed by atoms with Crippen LogP contribution in [0, 0.1) is 5.92 Å². The predicted molar refractivity (Wildman–Crippen MR) is 69.2 cm³/mol. The number of hydrazine groups is 1. The van der Waals surface area contributed by atoms with E-state index in [1.54, 1.807) is 6.26 Å². The Morgan fingerprint density at radius 2 is 2.41 bits per heavy atom. The molecular weight excluding hydrogens is 284 g/mol. The lowest BCUT2D eigenvalue weighted by molar-refractivity contribution is -0.0297. The lowest BCUT2D eigenvalue weighted by Crippen LogP contribution is -2.36. The third-order valence-electron chi connectivity index (χ3n) is 3.33. The van der Waals surface area contributed by atoms with Crippen LogP contribution in [0.5, 0.6) is 0 Å². The molecule has 1 aliphatic carbocycles. The van der Waals surface area contributed by atoms with Crippen LogP contribution in [0.25, 0.3) is 0 Å². The lowest BCUT2D eigenvalue weighted by atomic mass is 9.78. The first-order valence-electron chi connectivity index (χ1n) is 6.05. The van der Waals surface area contributed by atoms with E-state index >= 15 is 0 Å². The molecule has 1 aromatic heterocycles. The van der Waals surface area contributed by atoms with Gasteiger partial charge in [-0.15, -0.1) is 0 Å². The van der Waals surface area contributed by atoms with Crippen molar-refractivity contribution in [1.29, 1.82) is 0 Å². The average molecular weight is 303 g/mol. The summed E-state index contributed by atoms with van der Waals surface area (Å²) >= 11 is 3.46. The van der Waals surface area contributed by atoms with E-state index in [0.717, 1.165) is 36.1 Å². The summed E-state index contributed by atoms with van der Waals surface area (Å²) in [6, 6.07) is 1.97. The molecule has 0 spiro atoms. The molecule has 0 aromatic carbocycles.